The second-order valence-corrected chi connectivity index (χ2v) is 7.71. The van der Waals surface area contributed by atoms with E-state index in [9.17, 15) is 8.78 Å². The maximum atomic E-state index is 12.8. The van der Waals surface area contributed by atoms with Crippen LogP contribution >= 0.6 is 24.0 Å². The van der Waals surface area contributed by atoms with Crippen molar-refractivity contribution >= 4 is 29.9 Å². The predicted molar refractivity (Wildman–Crippen MR) is 125 cm³/mol. The van der Waals surface area contributed by atoms with Gasteiger partial charge in [0.05, 0.1) is 7.11 Å². The summed E-state index contributed by atoms with van der Waals surface area (Å²) in [6.07, 6.45) is 5.13. The van der Waals surface area contributed by atoms with Gasteiger partial charge in [0, 0.05) is 44.9 Å². The summed E-state index contributed by atoms with van der Waals surface area (Å²) in [6.45, 7) is 2.99. The topological polar surface area (TPSA) is 49.3 Å². The van der Waals surface area contributed by atoms with Crippen molar-refractivity contribution in [3.05, 3.63) is 23.8 Å². The lowest BCUT2D eigenvalue weighted by Crippen LogP contribution is -2.41. The Morgan fingerprint density at radius 1 is 1.23 bits per heavy atom. The first kappa shape index (κ1) is 24.9. The fraction of sp³-hybridized carbons (Fsp3) is 0.667. The minimum absolute atomic E-state index is 0. The molecule has 2 saturated heterocycles. The zero-order valence-electron chi connectivity index (χ0n) is 17.8. The number of nitrogens with one attached hydrogen (secondary N) is 1. The number of hydrogen-bond acceptors (Lipinski definition) is 4. The summed E-state index contributed by atoms with van der Waals surface area (Å²) >= 11 is 0. The van der Waals surface area contributed by atoms with E-state index in [0.29, 0.717) is 23.8 Å². The van der Waals surface area contributed by atoms with Crippen LogP contribution in [-0.2, 0) is 6.54 Å². The molecule has 1 unspecified atom stereocenters. The van der Waals surface area contributed by atoms with Crippen molar-refractivity contribution in [1.82, 2.24) is 15.1 Å². The minimum Gasteiger partial charge on any atom is -0.497 e. The van der Waals surface area contributed by atoms with Gasteiger partial charge in [-0.05, 0) is 50.4 Å². The van der Waals surface area contributed by atoms with Gasteiger partial charge in [0.25, 0.3) is 0 Å². The van der Waals surface area contributed by atoms with Gasteiger partial charge >= 0.3 is 6.61 Å². The molecule has 2 aliphatic rings. The maximum absolute atomic E-state index is 12.8. The highest BCUT2D eigenvalue weighted by Gasteiger charge is 2.27. The van der Waals surface area contributed by atoms with Crippen LogP contribution in [0.5, 0.6) is 11.5 Å². The molecule has 2 fully saturated rings. The molecular formula is C21H33F2IN4O2. The highest BCUT2D eigenvalue weighted by atomic mass is 127. The molecule has 1 aromatic rings. The highest BCUT2D eigenvalue weighted by molar-refractivity contribution is 14.0. The van der Waals surface area contributed by atoms with E-state index in [1.54, 1.807) is 19.2 Å². The lowest BCUT2D eigenvalue weighted by Gasteiger charge is -2.29. The fourth-order valence-electron chi connectivity index (χ4n) is 4.20. The Balaban J connectivity index is 0.00000320. The van der Waals surface area contributed by atoms with Crippen molar-refractivity contribution in [2.45, 2.75) is 38.8 Å². The van der Waals surface area contributed by atoms with Gasteiger partial charge < -0.3 is 24.6 Å². The first-order chi connectivity index (χ1) is 14.1. The monoisotopic (exact) mass is 538 g/mol. The van der Waals surface area contributed by atoms with Gasteiger partial charge in [0.15, 0.2) is 5.96 Å². The van der Waals surface area contributed by atoms with Gasteiger partial charge in [0.2, 0.25) is 0 Å². The Hall–Kier alpha value is -1.36. The number of likely N-dealkylation sites (tertiary alicyclic amines) is 2. The SMILES string of the molecule is CN=C(NCc1ccc(OC)cc1OC(F)F)N1CCC(CN2CCCCC2)C1.I. The summed E-state index contributed by atoms with van der Waals surface area (Å²) in [5.41, 5.74) is 0.635. The van der Waals surface area contributed by atoms with Crippen molar-refractivity contribution in [2.75, 3.05) is 46.9 Å². The van der Waals surface area contributed by atoms with Crippen LogP contribution in [0.1, 0.15) is 31.2 Å². The van der Waals surface area contributed by atoms with Crippen molar-refractivity contribution in [3.8, 4) is 11.5 Å². The third-order valence-corrected chi connectivity index (χ3v) is 5.69. The Labute approximate surface area is 195 Å². The van der Waals surface area contributed by atoms with E-state index in [0.717, 1.165) is 32.0 Å². The van der Waals surface area contributed by atoms with E-state index < -0.39 is 6.61 Å². The van der Waals surface area contributed by atoms with Crippen molar-refractivity contribution in [1.29, 1.82) is 0 Å². The molecular weight excluding hydrogens is 505 g/mol. The predicted octanol–water partition coefficient (Wildman–Crippen LogP) is 3.80. The van der Waals surface area contributed by atoms with Crippen LogP contribution < -0.4 is 14.8 Å². The van der Waals surface area contributed by atoms with E-state index in [1.165, 1.54) is 45.5 Å². The van der Waals surface area contributed by atoms with E-state index in [4.69, 9.17) is 4.74 Å². The number of methoxy groups -OCH3 is 1. The minimum atomic E-state index is -2.88. The van der Waals surface area contributed by atoms with Crippen LogP contribution in [0.15, 0.2) is 23.2 Å². The Bertz CT molecular complexity index is 687. The molecule has 2 aliphatic heterocycles. The van der Waals surface area contributed by atoms with Crippen molar-refractivity contribution < 1.29 is 18.3 Å². The lowest BCUT2D eigenvalue weighted by molar-refractivity contribution is -0.0505. The molecule has 0 bridgehead atoms. The Kier molecular flexibility index (Phi) is 10.4. The lowest BCUT2D eigenvalue weighted by atomic mass is 10.1. The number of ether oxygens (including phenoxy) is 2. The van der Waals surface area contributed by atoms with Gasteiger partial charge in [-0.1, -0.05) is 6.42 Å². The number of rotatable bonds is 7. The van der Waals surface area contributed by atoms with Crippen molar-refractivity contribution in [3.63, 3.8) is 0 Å². The molecule has 0 aromatic heterocycles. The molecule has 1 N–H and O–H groups in total. The van der Waals surface area contributed by atoms with Gasteiger partial charge in [-0.25, -0.2) is 0 Å². The average Bonchev–Trinajstić information content (AvgIpc) is 3.18. The van der Waals surface area contributed by atoms with Gasteiger partial charge in [-0.3, -0.25) is 4.99 Å². The first-order valence-corrected chi connectivity index (χ1v) is 10.4. The molecule has 30 heavy (non-hydrogen) atoms. The molecule has 1 atom stereocenters. The molecule has 6 nitrogen and oxygen atoms in total. The standard InChI is InChI=1S/C21H32F2N4O2.HI/c1-24-21(27-11-8-16(15-27)14-26-9-4-3-5-10-26)25-13-17-6-7-18(28-2)12-19(17)29-20(22)23;/h6-7,12,16,20H,3-5,8-11,13-15H2,1-2H3,(H,24,25);1H. The number of nitrogens with zero attached hydrogens (tertiary/aromatic N) is 3. The summed E-state index contributed by atoms with van der Waals surface area (Å²) < 4.78 is 35.3. The molecule has 0 saturated carbocycles. The normalized spacial score (nSPS) is 20.2. The maximum Gasteiger partial charge on any atom is 0.387 e. The number of piperidine rings is 1. The summed E-state index contributed by atoms with van der Waals surface area (Å²) in [4.78, 5) is 9.23. The van der Waals surface area contributed by atoms with Crippen LogP contribution in [0.25, 0.3) is 0 Å². The summed E-state index contributed by atoms with van der Waals surface area (Å²) in [5, 5.41) is 3.30. The largest absolute Gasteiger partial charge is 0.497 e. The molecule has 3 rings (SSSR count). The third kappa shape index (κ3) is 7.11. The molecule has 0 spiro atoms. The van der Waals surface area contributed by atoms with Crippen LogP contribution in [0.2, 0.25) is 0 Å². The van der Waals surface area contributed by atoms with Crippen molar-refractivity contribution in [2.24, 2.45) is 10.9 Å². The van der Waals surface area contributed by atoms with Gasteiger partial charge in [0.1, 0.15) is 11.5 Å². The summed E-state index contributed by atoms with van der Waals surface area (Å²) in [5.74, 6) is 2.04. The van der Waals surface area contributed by atoms with Gasteiger partial charge in [-0.2, -0.15) is 8.78 Å². The molecule has 0 radical (unpaired) electrons. The first-order valence-electron chi connectivity index (χ1n) is 10.4. The number of aliphatic imine (C=N–C) groups is 1. The second kappa shape index (κ2) is 12.5. The molecule has 0 aliphatic carbocycles. The number of alkyl halides is 2. The highest BCUT2D eigenvalue weighted by Crippen LogP contribution is 2.26. The molecule has 1 aromatic carbocycles. The number of guanidine groups is 1. The smallest absolute Gasteiger partial charge is 0.387 e. The third-order valence-electron chi connectivity index (χ3n) is 5.69. The molecule has 9 heteroatoms. The Morgan fingerprint density at radius 2 is 2.00 bits per heavy atom. The number of hydrogen-bond donors (Lipinski definition) is 1. The fourth-order valence-corrected chi connectivity index (χ4v) is 4.20. The second-order valence-electron chi connectivity index (χ2n) is 7.71. The van der Waals surface area contributed by atoms with Crippen LogP contribution in [-0.4, -0.2) is 69.3 Å². The quantitative estimate of drug-likeness (QED) is 0.325. The van der Waals surface area contributed by atoms with E-state index in [2.05, 4.69) is 24.8 Å². The van der Waals surface area contributed by atoms with Gasteiger partial charge in [-0.15, -0.1) is 24.0 Å². The van der Waals surface area contributed by atoms with E-state index >= 15 is 0 Å². The van der Waals surface area contributed by atoms with E-state index in [1.807, 2.05) is 0 Å². The van der Waals surface area contributed by atoms with Crippen LogP contribution in [0, 0.1) is 5.92 Å². The number of halogens is 3. The zero-order valence-corrected chi connectivity index (χ0v) is 20.1. The summed E-state index contributed by atoms with van der Waals surface area (Å²) in [6, 6.07) is 4.96. The number of benzene rings is 1. The molecule has 2 heterocycles. The van der Waals surface area contributed by atoms with E-state index in [-0.39, 0.29) is 29.7 Å². The van der Waals surface area contributed by atoms with Crippen LogP contribution in [0.3, 0.4) is 0 Å². The average molecular weight is 538 g/mol. The molecule has 0 amide bonds. The zero-order chi connectivity index (χ0) is 20.6. The molecule has 170 valence electrons. The Morgan fingerprint density at radius 3 is 2.67 bits per heavy atom. The van der Waals surface area contributed by atoms with Crippen LogP contribution in [0.4, 0.5) is 8.78 Å². The summed E-state index contributed by atoms with van der Waals surface area (Å²) in [7, 11) is 3.25.